The highest BCUT2D eigenvalue weighted by Gasteiger charge is 2.18. The van der Waals surface area contributed by atoms with Crippen LogP contribution in [0.25, 0.3) is 0 Å². The molecule has 0 saturated carbocycles. The number of hydrogen-bond donors (Lipinski definition) is 1. The molecule has 0 unspecified atom stereocenters. The highest BCUT2D eigenvalue weighted by molar-refractivity contribution is 7.89. The van der Waals surface area contributed by atoms with Gasteiger partial charge in [-0.2, -0.15) is 0 Å². The minimum atomic E-state index is -3.70. The smallest absolute Gasteiger partial charge is 0.242 e. The number of rotatable bonds is 5. The fourth-order valence-corrected chi connectivity index (χ4v) is 3.82. The van der Waals surface area contributed by atoms with E-state index in [0.717, 1.165) is 13.1 Å². The van der Waals surface area contributed by atoms with Crippen molar-refractivity contribution in [1.29, 1.82) is 0 Å². The van der Waals surface area contributed by atoms with Crippen molar-refractivity contribution in [1.82, 2.24) is 14.7 Å². The molecule has 3 rings (SSSR count). The molecule has 0 bridgehead atoms. The Kier molecular flexibility index (Phi) is 5.30. The number of halogens is 1. The maximum atomic E-state index is 12.3. The SMILES string of the molecule is O=S(=O)(NCc1ccnc(N2CCOCC2)n1)c1ccccc1Cl. The second-order valence-corrected chi connectivity index (χ2v) is 7.34. The quantitative estimate of drug-likeness (QED) is 0.859. The van der Waals surface area contributed by atoms with Crippen LogP contribution in [-0.2, 0) is 21.3 Å². The zero-order valence-corrected chi connectivity index (χ0v) is 14.4. The van der Waals surface area contributed by atoms with Gasteiger partial charge in [0.2, 0.25) is 16.0 Å². The van der Waals surface area contributed by atoms with Gasteiger partial charge in [0.15, 0.2) is 0 Å². The Morgan fingerprint density at radius 1 is 1.21 bits per heavy atom. The Morgan fingerprint density at radius 3 is 2.71 bits per heavy atom. The van der Waals surface area contributed by atoms with Gasteiger partial charge in [-0.05, 0) is 18.2 Å². The first-order chi connectivity index (χ1) is 11.6. The van der Waals surface area contributed by atoms with E-state index in [2.05, 4.69) is 14.7 Å². The predicted octanol–water partition coefficient (Wildman–Crippen LogP) is 1.45. The molecule has 1 aromatic carbocycles. The number of nitrogens with zero attached hydrogens (tertiary/aromatic N) is 3. The lowest BCUT2D eigenvalue weighted by Crippen LogP contribution is -2.37. The summed E-state index contributed by atoms with van der Waals surface area (Å²) in [5.74, 6) is 0.577. The van der Waals surface area contributed by atoms with Crippen molar-refractivity contribution in [2.24, 2.45) is 0 Å². The van der Waals surface area contributed by atoms with Gasteiger partial charge < -0.3 is 9.64 Å². The van der Waals surface area contributed by atoms with Gasteiger partial charge in [0.05, 0.1) is 30.5 Å². The molecule has 0 radical (unpaired) electrons. The van der Waals surface area contributed by atoms with Crippen LogP contribution in [0.1, 0.15) is 5.69 Å². The van der Waals surface area contributed by atoms with Crippen LogP contribution in [0, 0.1) is 0 Å². The van der Waals surface area contributed by atoms with Crippen LogP contribution in [0.4, 0.5) is 5.95 Å². The molecule has 2 heterocycles. The number of benzene rings is 1. The zero-order chi connectivity index (χ0) is 17.0. The van der Waals surface area contributed by atoms with Crippen molar-refractivity contribution in [3.63, 3.8) is 0 Å². The van der Waals surface area contributed by atoms with E-state index in [9.17, 15) is 8.42 Å². The maximum absolute atomic E-state index is 12.3. The molecule has 0 amide bonds. The monoisotopic (exact) mass is 368 g/mol. The van der Waals surface area contributed by atoms with E-state index in [0.29, 0.717) is 24.9 Å². The van der Waals surface area contributed by atoms with E-state index < -0.39 is 10.0 Å². The summed E-state index contributed by atoms with van der Waals surface area (Å²) in [7, 11) is -3.70. The standard InChI is InChI=1S/C15H17ClN4O3S/c16-13-3-1-2-4-14(13)24(21,22)18-11-12-5-6-17-15(19-12)20-7-9-23-10-8-20/h1-6,18H,7-11H2. The number of anilines is 1. The minimum absolute atomic E-state index is 0.0501. The van der Waals surface area contributed by atoms with Crippen LogP contribution in [0.2, 0.25) is 5.02 Å². The second kappa shape index (κ2) is 7.43. The Bertz CT molecular complexity index is 810. The first kappa shape index (κ1) is 17.1. The highest BCUT2D eigenvalue weighted by Crippen LogP contribution is 2.20. The zero-order valence-electron chi connectivity index (χ0n) is 12.9. The maximum Gasteiger partial charge on any atom is 0.242 e. The van der Waals surface area contributed by atoms with Gasteiger partial charge in [-0.15, -0.1) is 0 Å². The fraction of sp³-hybridized carbons (Fsp3) is 0.333. The van der Waals surface area contributed by atoms with Crippen molar-refractivity contribution < 1.29 is 13.2 Å². The summed E-state index contributed by atoms with van der Waals surface area (Å²) < 4.78 is 32.5. The summed E-state index contributed by atoms with van der Waals surface area (Å²) in [5.41, 5.74) is 0.585. The lowest BCUT2D eigenvalue weighted by molar-refractivity contribution is 0.122. The molecule has 1 N–H and O–H groups in total. The van der Waals surface area contributed by atoms with Crippen molar-refractivity contribution in [3.8, 4) is 0 Å². The molecule has 9 heteroatoms. The van der Waals surface area contributed by atoms with E-state index in [1.807, 2.05) is 4.90 Å². The van der Waals surface area contributed by atoms with Crippen LogP contribution >= 0.6 is 11.6 Å². The van der Waals surface area contributed by atoms with Crippen LogP contribution in [0.15, 0.2) is 41.4 Å². The summed E-state index contributed by atoms with van der Waals surface area (Å²) in [6.45, 7) is 2.76. The Labute approximate surface area is 145 Å². The molecule has 1 aromatic heterocycles. The number of sulfonamides is 1. The van der Waals surface area contributed by atoms with Crippen LogP contribution in [0.3, 0.4) is 0 Å². The van der Waals surface area contributed by atoms with Gasteiger partial charge in [0.1, 0.15) is 4.90 Å². The van der Waals surface area contributed by atoms with E-state index >= 15 is 0 Å². The molecule has 1 aliphatic heterocycles. The fourth-order valence-electron chi connectivity index (χ4n) is 2.31. The molecule has 2 aromatic rings. The number of morpholine rings is 1. The van der Waals surface area contributed by atoms with Crippen molar-refractivity contribution in [2.45, 2.75) is 11.4 Å². The van der Waals surface area contributed by atoms with Gasteiger partial charge in [0.25, 0.3) is 0 Å². The number of nitrogens with one attached hydrogen (secondary N) is 1. The van der Waals surface area contributed by atoms with Crippen LogP contribution < -0.4 is 9.62 Å². The summed E-state index contributed by atoms with van der Waals surface area (Å²) in [5, 5.41) is 0.182. The van der Waals surface area contributed by atoms with Crippen LogP contribution in [0.5, 0.6) is 0 Å². The predicted molar refractivity (Wildman–Crippen MR) is 90.5 cm³/mol. The number of hydrogen-bond acceptors (Lipinski definition) is 6. The Hall–Kier alpha value is -1.74. The third kappa shape index (κ3) is 4.02. The normalized spacial score (nSPS) is 15.5. The van der Waals surface area contributed by atoms with Crippen molar-refractivity contribution in [2.75, 3.05) is 31.2 Å². The molecular formula is C15H17ClN4O3S. The molecule has 7 nitrogen and oxygen atoms in total. The summed E-state index contributed by atoms with van der Waals surface area (Å²) in [6, 6.07) is 7.99. The molecular weight excluding hydrogens is 352 g/mol. The second-order valence-electron chi connectivity index (χ2n) is 5.20. The summed E-state index contributed by atoms with van der Waals surface area (Å²) >= 11 is 5.95. The first-order valence-corrected chi connectivity index (χ1v) is 9.31. The van der Waals surface area contributed by atoms with Gasteiger partial charge >= 0.3 is 0 Å². The third-order valence-corrected chi connectivity index (χ3v) is 5.46. The van der Waals surface area contributed by atoms with E-state index in [1.54, 1.807) is 24.4 Å². The average Bonchev–Trinajstić information content (AvgIpc) is 2.61. The van der Waals surface area contributed by atoms with Crippen molar-refractivity contribution in [3.05, 3.63) is 47.2 Å². The van der Waals surface area contributed by atoms with Gasteiger partial charge in [0, 0.05) is 19.3 Å². The third-order valence-electron chi connectivity index (χ3n) is 3.56. The molecule has 0 spiro atoms. The van der Waals surface area contributed by atoms with Gasteiger partial charge in [-0.1, -0.05) is 23.7 Å². The highest BCUT2D eigenvalue weighted by atomic mass is 35.5. The largest absolute Gasteiger partial charge is 0.378 e. The molecule has 1 aliphatic rings. The minimum Gasteiger partial charge on any atom is -0.378 e. The van der Waals surface area contributed by atoms with E-state index in [4.69, 9.17) is 16.3 Å². The summed E-state index contributed by atoms with van der Waals surface area (Å²) in [4.78, 5) is 10.7. The van der Waals surface area contributed by atoms with Crippen molar-refractivity contribution >= 4 is 27.6 Å². The molecule has 1 saturated heterocycles. The summed E-state index contributed by atoms with van der Waals surface area (Å²) in [6.07, 6.45) is 1.62. The van der Waals surface area contributed by atoms with E-state index in [1.165, 1.54) is 12.1 Å². The Morgan fingerprint density at radius 2 is 1.96 bits per heavy atom. The van der Waals surface area contributed by atoms with E-state index in [-0.39, 0.29) is 16.5 Å². The molecule has 128 valence electrons. The average molecular weight is 369 g/mol. The Balaban J connectivity index is 1.71. The first-order valence-electron chi connectivity index (χ1n) is 7.45. The number of aromatic nitrogens is 2. The van der Waals surface area contributed by atoms with Gasteiger partial charge in [-0.3, -0.25) is 0 Å². The molecule has 0 aliphatic carbocycles. The number of ether oxygens (including phenoxy) is 1. The van der Waals surface area contributed by atoms with Gasteiger partial charge in [-0.25, -0.2) is 23.1 Å². The van der Waals surface area contributed by atoms with Crippen LogP contribution in [-0.4, -0.2) is 44.7 Å². The topological polar surface area (TPSA) is 84.4 Å². The lowest BCUT2D eigenvalue weighted by Gasteiger charge is -2.26. The lowest BCUT2D eigenvalue weighted by atomic mass is 10.4. The molecule has 0 atom stereocenters. The molecule has 24 heavy (non-hydrogen) atoms. The molecule has 1 fully saturated rings.